The Balaban J connectivity index is 2.19. The second-order valence-electron chi connectivity index (χ2n) is 4.03. The third kappa shape index (κ3) is 3.67. The van der Waals surface area contributed by atoms with Crippen molar-refractivity contribution in [1.82, 2.24) is 20.3 Å². The largest absolute Gasteiger partial charge is 0.481 e. The van der Waals surface area contributed by atoms with Crippen molar-refractivity contribution in [2.45, 2.75) is 20.4 Å². The van der Waals surface area contributed by atoms with E-state index in [1.807, 2.05) is 0 Å². The molecule has 0 amide bonds. The van der Waals surface area contributed by atoms with E-state index in [1.54, 1.807) is 30.9 Å². The lowest BCUT2D eigenvalue weighted by Gasteiger charge is -2.19. The number of hydrogen-bond acceptors (Lipinski definition) is 4. The fourth-order valence-corrected chi connectivity index (χ4v) is 1.02. The second-order valence-corrected chi connectivity index (χ2v) is 4.03. The minimum Gasteiger partial charge on any atom is -0.481 e. The lowest BCUT2D eigenvalue weighted by Crippen LogP contribution is -2.37. The molecule has 0 bridgehead atoms. The summed E-state index contributed by atoms with van der Waals surface area (Å²) in [6.45, 7) is 5.20. The highest BCUT2D eigenvalue weighted by molar-refractivity contribution is 5.73. The Morgan fingerprint density at radius 3 is 2.87 bits per heavy atom. The van der Waals surface area contributed by atoms with E-state index in [0.717, 1.165) is 0 Å². The van der Waals surface area contributed by atoms with Crippen LogP contribution in [-0.2, 0) is 11.3 Å². The van der Waals surface area contributed by atoms with Crippen LogP contribution in [0.25, 0.3) is 0 Å². The second kappa shape index (κ2) is 4.88. The number of hydrogen-bond donors (Lipinski definition) is 2. The van der Waals surface area contributed by atoms with E-state index in [4.69, 9.17) is 5.11 Å². The summed E-state index contributed by atoms with van der Waals surface area (Å²) in [5, 5.41) is 19.4. The Kier molecular flexibility index (Phi) is 3.79. The third-order valence-corrected chi connectivity index (χ3v) is 2.14. The molecular weight excluding hydrogens is 196 g/mol. The minimum absolute atomic E-state index is 0.441. The molecule has 0 unspecified atom stereocenters. The molecule has 6 heteroatoms. The van der Waals surface area contributed by atoms with Crippen LogP contribution in [0.1, 0.15) is 13.8 Å². The first-order chi connectivity index (χ1) is 7.02. The molecule has 2 N–H and O–H groups in total. The number of aliphatic carboxylic acids is 1. The summed E-state index contributed by atoms with van der Waals surface area (Å²) in [5.41, 5.74) is -0.734. The number of aromatic nitrogens is 3. The van der Waals surface area contributed by atoms with Crippen molar-refractivity contribution in [3.8, 4) is 0 Å². The number of rotatable bonds is 6. The highest BCUT2D eigenvalue weighted by atomic mass is 16.4. The predicted molar refractivity (Wildman–Crippen MR) is 54.3 cm³/mol. The van der Waals surface area contributed by atoms with E-state index in [-0.39, 0.29) is 0 Å². The zero-order valence-corrected chi connectivity index (χ0v) is 8.97. The molecule has 0 aliphatic heterocycles. The van der Waals surface area contributed by atoms with Gasteiger partial charge in [0.05, 0.1) is 18.2 Å². The Bertz CT molecular complexity index is 308. The maximum absolute atomic E-state index is 10.8. The molecular formula is C9H16N4O2. The minimum atomic E-state index is -0.796. The number of nitrogens with zero attached hydrogens (tertiary/aromatic N) is 3. The highest BCUT2D eigenvalue weighted by Gasteiger charge is 2.26. The van der Waals surface area contributed by atoms with Crippen molar-refractivity contribution in [2.75, 3.05) is 13.1 Å². The van der Waals surface area contributed by atoms with E-state index in [0.29, 0.717) is 19.6 Å². The topological polar surface area (TPSA) is 80.0 Å². The van der Waals surface area contributed by atoms with Crippen molar-refractivity contribution in [1.29, 1.82) is 0 Å². The van der Waals surface area contributed by atoms with Crippen molar-refractivity contribution in [2.24, 2.45) is 5.41 Å². The van der Waals surface area contributed by atoms with Gasteiger partial charge in [-0.3, -0.25) is 9.48 Å². The van der Waals surface area contributed by atoms with Crippen LogP contribution in [0, 0.1) is 5.41 Å². The summed E-state index contributed by atoms with van der Waals surface area (Å²) in [4.78, 5) is 10.8. The molecule has 1 aromatic heterocycles. The number of carboxylic acids is 1. The highest BCUT2D eigenvalue weighted by Crippen LogP contribution is 2.12. The first-order valence-corrected chi connectivity index (χ1v) is 4.80. The Labute approximate surface area is 88.3 Å². The Hall–Kier alpha value is -1.43. The molecule has 84 valence electrons. The molecule has 0 saturated carbocycles. The van der Waals surface area contributed by atoms with E-state index < -0.39 is 11.4 Å². The van der Waals surface area contributed by atoms with Gasteiger partial charge in [-0.15, -0.1) is 5.10 Å². The zero-order chi connectivity index (χ0) is 11.3. The molecule has 0 saturated heterocycles. The van der Waals surface area contributed by atoms with Gasteiger partial charge in [0, 0.05) is 19.3 Å². The molecule has 1 heterocycles. The molecule has 1 aromatic rings. The van der Waals surface area contributed by atoms with Crippen molar-refractivity contribution >= 4 is 5.97 Å². The van der Waals surface area contributed by atoms with E-state index >= 15 is 0 Å². The maximum atomic E-state index is 10.8. The fourth-order valence-electron chi connectivity index (χ4n) is 1.02. The molecule has 0 radical (unpaired) electrons. The molecule has 15 heavy (non-hydrogen) atoms. The molecule has 0 atom stereocenters. The average molecular weight is 212 g/mol. The predicted octanol–water partition coefficient (Wildman–Crippen LogP) is -0.0215. The van der Waals surface area contributed by atoms with E-state index in [2.05, 4.69) is 15.6 Å². The van der Waals surface area contributed by atoms with Crippen molar-refractivity contribution in [3.05, 3.63) is 12.4 Å². The Morgan fingerprint density at radius 1 is 1.60 bits per heavy atom. The Morgan fingerprint density at radius 2 is 2.33 bits per heavy atom. The standard InChI is InChI=1S/C9H16N4O2/c1-9(2,8(14)15)7-10-3-5-13-6-4-11-12-13/h4,6,10H,3,5,7H2,1-2H3,(H,14,15). The molecule has 0 fully saturated rings. The summed E-state index contributed by atoms with van der Waals surface area (Å²) in [6.07, 6.45) is 3.38. The van der Waals surface area contributed by atoms with Gasteiger partial charge >= 0.3 is 5.97 Å². The smallest absolute Gasteiger partial charge is 0.310 e. The normalized spacial score (nSPS) is 11.6. The number of carbonyl (C=O) groups is 1. The molecule has 0 aliphatic rings. The molecule has 0 aromatic carbocycles. The van der Waals surface area contributed by atoms with Gasteiger partial charge in [0.25, 0.3) is 0 Å². The van der Waals surface area contributed by atoms with Crippen LogP contribution in [0.5, 0.6) is 0 Å². The van der Waals surface area contributed by atoms with Crippen LogP contribution < -0.4 is 5.32 Å². The monoisotopic (exact) mass is 212 g/mol. The van der Waals surface area contributed by atoms with Crippen LogP contribution in [0.2, 0.25) is 0 Å². The summed E-state index contributed by atoms with van der Waals surface area (Å²) in [7, 11) is 0. The zero-order valence-electron chi connectivity index (χ0n) is 8.97. The first-order valence-electron chi connectivity index (χ1n) is 4.80. The summed E-state index contributed by atoms with van der Waals surface area (Å²) < 4.78 is 1.70. The van der Waals surface area contributed by atoms with E-state index in [9.17, 15) is 4.79 Å². The summed E-state index contributed by atoms with van der Waals surface area (Å²) in [5.74, 6) is -0.796. The maximum Gasteiger partial charge on any atom is 0.310 e. The molecule has 0 aliphatic carbocycles. The summed E-state index contributed by atoms with van der Waals surface area (Å²) in [6, 6.07) is 0. The van der Waals surface area contributed by atoms with Gasteiger partial charge in [0.15, 0.2) is 0 Å². The lowest BCUT2D eigenvalue weighted by atomic mass is 9.94. The third-order valence-electron chi connectivity index (χ3n) is 2.14. The fraction of sp³-hybridized carbons (Fsp3) is 0.667. The van der Waals surface area contributed by atoms with Crippen molar-refractivity contribution < 1.29 is 9.90 Å². The van der Waals surface area contributed by atoms with Gasteiger partial charge < -0.3 is 10.4 Å². The number of carboxylic acid groups (broad SMARTS) is 1. The molecule has 1 rings (SSSR count). The van der Waals surface area contributed by atoms with Gasteiger partial charge in [0.2, 0.25) is 0 Å². The van der Waals surface area contributed by atoms with Gasteiger partial charge in [0.1, 0.15) is 0 Å². The van der Waals surface area contributed by atoms with Crippen LogP contribution in [0.15, 0.2) is 12.4 Å². The van der Waals surface area contributed by atoms with Crippen LogP contribution in [-0.4, -0.2) is 39.2 Å². The van der Waals surface area contributed by atoms with Gasteiger partial charge in [-0.05, 0) is 13.8 Å². The van der Waals surface area contributed by atoms with Gasteiger partial charge in [-0.1, -0.05) is 5.21 Å². The molecule has 6 nitrogen and oxygen atoms in total. The van der Waals surface area contributed by atoms with Crippen LogP contribution in [0.3, 0.4) is 0 Å². The SMILES string of the molecule is CC(C)(CNCCn1ccnn1)C(=O)O. The molecule has 0 spiro atoms. The van der Waals surface area contributed by atoms with E-state index in [1.165, 1.54) is 0 Å². The number of nitrogens with one attached hydrogen (secondary N) is 1. The average Bonchev–Trinajstić information content (AvgIpc) is 2.64. The van der Waals surface area contributed by atoms with Crippen LogP contribution in [0.4, 0.5) is 0 Å². The van der Waals surface area contributed by atoms with Gasteiger partial charge in [-0.25, -0.2) is 0 Å². The van der Waals surface area contributed by atoms with Crippen molar-refractivity contribution in [3.63, 3.8) is 0 Å². The van der Waals surface area contributed by atoms with Gasteiger partial charge in [-0.2, -0.15) is 0 Å². The van der Waals surface area contributed by atoms with Crippen LogP contribution >= 0.6 is 0 Å². The lowest BCUT2D eigenvalue weighted by molar-refractivity contribution is -0.146. The quantitative estimate of drug-likeness (QED) is 0.648. The summed E-state index contributed by atoms with van der Waals surface area (Å²) >= 11 is 0. The first kappa shape index (κ1) is 11.6.